The summed E-state index contributed by atoms with van der Waals surface area (Å²) in [5, 5.41) is 10.2. The molecule has 0 spiro atoms. The van der Waals surface area contributed by atoms with Crippen molar-refractivity contribution in [1.82, 2.24) is 15.1 Å². The maximum absolute atomic E-state index is 5.36. The Kier molecular flexibility index (Phi) is 4.69. The third-order valence-corrected chi connectivity index (χ3v) is 3.39. The first-order chi connectivity index (χ1) is 12.1. The van der Waals surface area contributed by atoms with Gasteiger partial charge in [-0.05, 0) is 26.0 Å². The molecule has 25 heavy (non-hydrogen) atoms. The highest BCUT2D eigenvalue weighted by Crippen LogP contribution is 2.31. The Morgan fingerprint density at radius 3 is 2.44 bits per heavy atom. The number of hydrogen-bond donors (Lipinski definition) is 2. The predicted molar refractivity (Wildman–Crippen MR) is 94.1 cm³/mol. The second-order valence-corrected chi connectivity index (χ2v) is 5.36. The molecule has 0 saturated heterocycles. The summed E-state index contributed by atoms with van der Waals surface area (Å²) in [5.74, 6) is 3.69. The SMILES string of the molecule is COc1ccc(OC)c(Nc2nc(C)cc(Nc3cc(C)on3)n2)c1. The largest absolute Gasteiger partial charge is 0.497 e. The molecule has 0 saturated carbocycles. The van der Waals surface area contributed by atoms with Gasteiger partial charge >= 0.3 is 0 Å². The van der Waals surface area contributed by atoms with Crippen LogP contribution in [0.1, 0.15) is 11.5 Å². The van der Waals surface area contributed by atoms with E-state index in [4.69, 9.17) is 14.0 Å². The molecular weight excluding hydrogens is 322 g/mol. The molecule has 3 rings (SSSR count). The topological polar surface area (TPSA) is 94.3 Å². The van der Waals surface area contributed by atoms with E-state index >= 15 is 0 Å². The van der Waals surface area contributed by atoms with Crippen molar-refractivity contribution in [3.8, 4) is 11.5 Å². The number of aryl methyl sites for hydroxylation is 2. The maximum atomic E-state index is 5.36. The first-order valence-corrected chi connectivity index (χ1v) is 7.62. The summed E-state index contributed by atoms with van der Waals surface area (Å²) in [4.78, 5) is 8.86. The molecule has 0 bridgehead atoms. The molecule has 3 aromatic rings. The van der Waals surface area contributed by atoms with Crippen LogP contribution in [0, 0.1) is 13.8 Å². The van der Waals surface area contributed by atoms with Crippen LogP contribution in [0.25, 0.3) is 0 Å². The molecule has 8 heteroatoms. The predicted octanol–water partition coefficient (Wildman–Crippen LogP) is 3.59. The molecule has 2 N–H and O–H groups in total. The molecule has 2 aromatic heterocycles. The van der Waals surface area contributed by atoms with Crippen molar-refractivity contribution in [3.63, 3.8) is 0 Å². The second kappa shape index (κ2) is 7.08. The fraction of sp³-hybridized carbons (Fsp3) is 0.235. The van der Waals surface area contributed by atoms with E-state index in [9.17, 15) is 0 Å². The highest BCUT2D eigenvalue weighted by atomic mass is 16.5. The summed E-state index contributed by atoms with van der Waals surface area (Å²) in [6.07, 6.45) is 0. The quantitative estimate of drug-likeness (QED) is 0.702. The number of hydrogen-bond acceptors (Lipinski definition) is 8. The lowest BCUT2D eigenvalue weighted by molar-refractivity contribution is 0.400. The molecule has 0 atom stereocenters. The van der Waals surface area contributed by atoms with Crippen LogP contribution >= 0.6 is 0 Å². The van der Waals surface area contributed by atoms with Crippen molar-refractivity contribution in [1.29, 1.82) is 0 Å². The molecule has 1 aromatic carbocycles. The zero-order valence-corrected chi connectivity index (χ0v) is 14.5. The number of ether oxygens (including phenoxy) is 2. The normalized spacial score (nSPS) is 10.4. The van der Waals surface area contributed by atoms with E-state index in [0.29, 0.717) is 40.5 Å². The molecule has 0 amide bonds. The molecule has 2 heterocycles. The zero-order valence-electron chi connectivity index (χ0n) is 14.5. The smallest absolute Gasteiger partial charge is 0.229 e. The van der Waals surface area contributed by atoms with Gasteiger partial charge in [0.05, 0.1) is 19.9 Å². The van der Waals surface area contributed by atoms with E-state index in [1.165, 1.54) is 0 Å². The van der Waals surface area contributed by atoms with Crippen LogP contribution in [0.4, 0.5) is 23.3 Å². The third kappa shape index (κ3) is 3.97. The van der Waals surface area contributed by atoms with E-state index in [-0.39, 0.29) is 0 Å². The Bertz CT molecular complexity index is 878. The molecule has 0 radical (unpaired) electrons. The van der Waals surface area contributed by atoms with Gasteiger partial charge in [-0.2, -0.15) is 4.98 Å². The van der Waals surface area contributed by atoms with Crippen molar-refractivity contribution in [2.75, 3.05) is 24.9 Å². The number of methoxy groups -OCH3 is 2. The van der Waals surface area contributed by atoms with Crippen LogP contribution in [0.2, 0.25) is 0 Å². The van der Waals surface area contributed by atoms with E-state index in [0.717, 1.165) is 5.69 Å². The van der Waals surface area contributed by atoms with Crippen molar-refractivity contribution < 1.29 is 14.0 Å². The lowest BCUT2D eigenvalue weighted by atomic mass is 10.2. The number of nitrogens with one attached hydrogen (secondary N) is 2. The van der Waals surface area contributed by atoms with Crippen LogP contribution in [-0.2, 0) is 0 Å². The summed E-state index contributed by atoms with van der Waals surface area (Å²) in [6, 6.07) is 9.06. The molecule has 8 nitrogen and oxygen atoms in total. The summed E-state index contributed by atoms with van der Waals surface area (Å²) >= 11 is 0. The van der Waals surface area contributed by atoms with Crippen LogP contribution in [0.5, 0.6) is 11.5 Å². The van der Waals surface area contributed by atoms with Crippen LogP contribution < -0.4 is 20.1 Å². The third-order valence-electron chi connectivity index (χ3n) is 3.39. The number of anilines is 4. The maximum Gasteiger partial charge on any atom is 0.229 e. The summed E-state index contributed by atoms with van der Waals surface area (Å²) in [5.41, 5.74) is 1.50. The minimum Gasteiger partial charge on any atom is -0.497 e. The zero-order chi connectivity index (χ0) is 17.8. The molecule has 0 aliphatic heterocycles. The Morgan fingerprint density at radius 2 is 1.76 bits per heavy atom. The Morgan fingerprint density at radius 1 is 0.920 bits per heavy atom. The minimum absolute atomic E-state index is 0.425. The van der Waals surface area contributed by atoms with E-state index < -0.39 is 0 Å². The fourth-order valence-electron chi connectivity index (χ4n) is 2.28. The van der Waals surface area contributed by atoms with Crippen molar-refractivity contribution >= 4 is 23.3 Å². The Labute approximate surface area is 145 Å². The number of rotatable bonds is 6. The van der Waals surface area contributed by atoms with Gasteiger partial charge in [-0.1, -0.05) is 5.16 Å². The first-order valence-electron chi connectivity index (χ1n) is 7.62. The Balaban J connectivity index is 1.88. The van der Waals surface area contributed by atoms with Crippen molar-refractivity contribution in [3.05, 3.63) is 41.8 Å². The van der Waals surface area contributed by atoms with Gasteiger partial charge in [-0.15, -0.1) is 0 Å². The molecular formula is C17H19N5O3. The lowest BCUT2D eigenvalue weighted by Gasteiger charge is -2.12. The van der Waals surface area contributed by atoms with Crippen LogP contribution in [0.3, 0.4) is 0 Å². The van der Waals surface area contributed by atoms with E-state index in [2.05, 4.69) is 25.8 Å². The molecule has 0 unspecified atom stereocenters. The van der Waals surface area contributed by atoms with Gasteiger partial charge in [0.1, 0.15) is 23.1 Å². The minimum atomic E-state index is 0.425. The standard InChI is InChI=1S/C17H19N5O3/c1-10-7-15(20-16-8-11(2)25-22-16)21-17(18-10)19-13-9-12(23-3)5-6-14(13)24-4/h5-9H,1-4H3,(H2,18,19,20,21,22). The number of nitrogens with zero attached hydrogens (tertiary/aromatic N) is 3. The Hall–Kier alpha value is -3.29. The monoisotopic (exact) mass is 341 g/mol. The van der Waals surface area contributed by atoms with E-state index in [1.807, 2.05) is 38.1 Å². The van der Waals surface area contributed by atoms with Crippen LogP contribution in [-0.4, -0.2) is 29.3 Å². The molecule has 0 fully saturated rings. The van der Waals surface area contributed by atoms with Crippen molar-refractivity contribution in [2.24, 2.45) is 0 Å². The van der Waals surface area contributed by atoms with E-state index in [1.54, 1.807) is 20.3 Å². The van der Waals surface area contributed by atoms with Crippen molar-refractivity contribution in [2.45, 2.75) is 13.8 Å². The highest BCUT2D eigenvalue weighted by molar-refractivity contribution is 5.66. The van der Waals surface area contributed by atoms with Crippen LogP contribution in [0.15, 0.2) is 34.9 Å². The average molecular weight is 341 g/mol. The average Bonchev–Trinajstić information content (AvgIpc) is 2.99. The summed E-state index contributed by atoms with van der Waals surface area (Å²) in [6.45, 7) is 3.71. The summed E-state index contributed by atoms with van der Waals surface area (Å²) < 4.78 is 15.7. The molecule has 0 aliphatic carbocycles. The van der Waals surface area contributed by atoms with Gasteiger partial charge in [-0.25, -0.2) is 4.98 Å². The van der Waals surface area contributed by atoms with Gasteiger partial charge in [0, 0.05) is 23.9 Å². The van der Waals surface area contributed by atoms with Gasteiger partial charge in [0.2, 0.25) is 5.95 Å². The molecule has 130 valence electrons. The summed E-state index contributed by atoms with van der Waals surface area (Å²) in [7, 11) is 3.21. The number of benzene rings is 1. The lowest BCUT2D eigenvalue weighted by Crippen LogP contribution is -2.03. The van der Waals surface area contributed by atoms with Gasteiger partial charge in [0.15, 0.2) is 5.82 Å². The van der Waals surface area contributed by atoms with Gasteiger partial charge in [-0.3, -0.25) is 0 Å². The fourth-order valence-corrected chi connectivity index (χ4v) is 2.28. The first kappa shape index (κ1) is 16.6. The highest BCUT2D eigenvalue weighted by Gasteiger charge is 2.10. The second-order valence-electron chi connectivity index (χ2n) is 5.36. The van der Waals surface area contributed by atoms with Gasteiger partial charge in [0.25, 0.3) is 0 Å². The number of aromatic nitrogens is 3. The van der Waals surface area contributed by atoms with Gasteiger partial charge < -0.3 is 24.6 Å². The molecule has 0 aliphatic rings.